The third kappa shape index (κ3) is 3.63. The second kappa shape index (κ2) is 7.44. The molecule has 0 saturated heterocycles. The average Bonchev–Trinajstić information content (AvgIpc) is 2.81. The summed E-state index contributed by atoms with van der Waals surface area (Å²) in [6.07, 6.45) is 4.88. The zero-order valence-corrected chi connectivity index (χ0v) is 15.9. The van der Waals surface area contributed by atoms with Crippen molar-refractivity contribution in [3.8, 4) is 5.69 Å². The van der Waals surface area contributed by atoms with Gasteiger partial charge in [0.25, 0.3) is 5.56 Å². The number of benzene rings is 1. The maximum absolute atomic E-state index is 12.9. The summed E-state index contributed by atoms with van der Waals surface area (Å²) in [5, 5.41) is 7.08. The van der Waals surface area contributed by atoms with Crippen molar-refractivity contribution in [3.63, 3.8) is 0 Å². The van der Waals surface area contributed by atoms with Gasteiger partial charge in [-0.2, -0.15) is 0 Å². The van der Waals surface area contributed by atoms with Crippen LogP contribution in [0.25, 0.3) is 5.69 Å². The summed E-state index contributed by atoms with van der Waals surface area (Å²) < 4.78 is 3.51. The SMILES string of the molecule is Cc1c(NC(=S)N[C@@H]2CCCC[C@H]2C)c(=O)n(-c2ccccc2)n1C. The Kier molecular flexibility index (Phi) is 5.27. The first-order valence-electron chi connectivity index (χ1n) is 8.90. The molecule has 1 aliphatic carbocycles. The molecule has 1 fully saturated rings. The highest BCUT2D eigenvalue weighted by Gasteiger charge is 2.23. The van der Waals surface area contributed by atoms with Crippen molar-refractivity contribution in [2.75, 3.05) is 5.32 Å². The number of hydrogen-bond donors (Lipinski definition) is 2. The van der Waals surface area contributed by atoms with Crippen LogP contribution in [0.2, 0.25) is 0 Å². The van der Waals surface area contributed by atoms with Gasteiger partial charge in [-0.3, -0.25) is 9.48 Å². The molecular formula is C19H26N4OS. The van der Waals surface area contributed by atoms with Crippen LogP contribution in [0.1, 0.15) is 38.3 Å². The number of hydrogen-bond acceptors (Lipinski definition) is 2. The first kappa shape index (κ1) is 17.7. The van der Waals surface area contributed by atoms with Crippen LogP contribution >= 0.6 is 12.2 Å². The van der Waals surface area contributed by atoms with E-state index in [0.29, 0.717) is 22.8 Å². The van der Waals surface area contributed by atoms with Gasteiger partial charge < -0.3 is 10.6 Å². The molecule has 6 heteroatoms. The van der Waals surface area contributed by atoms with Gasteiger partial charge in [0.05, 0.1) is 11.4 Å². The molecule has 1 aromatic carbocycles. The molecule has 2 atom stereocenters. The van der Waals surface area contributed by atoms with Crippen LogP contribution in [-0.2, 0) is 7.05 Å². The average molecular weight is 359 g/mol. The molecular weight excluding hydrogens is 332 g/mol. The number of rotatable bonds is 3. The van der Waals surface area contributed by atoms with Crippen molar-refractivity contribution in [1.82, 2.24) is 14.7 Å². The molecule has 0 radical (unpaired) electrons. The summed E-state index contributed by atoms with van der Waals surface area (Å²) in [5.74, 6) is 0.603. The fraction of sp³-hybridized carbons (Fsp3) is 0.474. The van der Waals surface area contributed by atoms with Crippen molar-refractivity contribution < 1.29 is 0 Å². The molecule has 1 aromatic heterocycles. The van der Waals surface area contributed by atoms with Gasteiger partial charge in [0.15, 0.2) is 5.11 Å². The van der Waals surface area contributed by atoms with Crippen molar-refractivity contribution in [2.24, 2.45) is 13.0 Å². The van der Waals surface area contributed by atoms with Gasteiger partial charge >= 0.3 is 0 Å². The molecule has 2 aromatic rings. The van der Waals surface area contributed by atoms with E-state index >= 15 is 0 Å². The second-order valence-corrected chi connectivity index (χ2v) is 7.31. The molecule has 2 N–H and O–H groups in total. The molecule has 1 heterocycles. The standard InChI is InChI=1S/C19H26N4OS/c1-13-9-7-8-12-16(13)20-19(25)21-17-14(2)22(3)23(18(17)24)15-10-5-4-6-11-15/h4-6,10-11,13,16H,7-9,12H2,1-3H3,(H2,20,21,25)/t13-,16-/m1/s1. The summed E-state index contributed by atoms with van der Waals surface area (Å²) in [4.78, 5) is 12.9. The lowest BCUT2D eigenvalue weighted by molar-refractivity contribution is 0.309. The molecule has 3 rings (SSSR count). The van der Waals surface area contributed by atoms with E-state index in [-0.39, 0.29) is 5.56 Å². The van der Waals surface area contributed by atoms with E-state index in [4.69, 9.17) is 12.2 Å². The molecule has 5 nitrogen and oxygen atoms in total. The normalized spacial score (nSPS) is 20.3. The number of nitrogens with one attached hydrogen (secondary N) is 2. The monoisotopic (exact) mass is 358 g/mol. The Morgan fingerprint density at radius 3 is 2.56 bits per heavy atom. The lowest BCUT2D eigenvalue weighted by atomic mass is 9.86. The van der Waals surface area contributed by atoms with Crippen LogP contribution in [-0.4, -0.2) is 20.5 Å². The van der Waals surface area contributed by atoms with E-state index in [9.17, 15) is 4.79 Å². The van der Waals surface area contributed by atoms with Crippen LogP contribution in [0.3, 0.4) is 0 Å². The number of aromatic nitrogens is 2. The minimum atomic E-state index is -0.0907. The Morgan fingerprint density at radius 1 is 1.20 bits per heavy atom. The molecule has 0 aliphatic heterocycles. The number of anilines is 1. The maximum atomic E-state index is 12.9. The second-order valence-electron chi connectivity index (χ2n) is 6.90. The molecule has 25 heavy (non-hydrogen) atoms. The van der Waals surface area contributed by atoms with E-state index in [0.717, 1.165) is 17.8 Å². The zero-order valence-electron chi connectivity index (χ0n) is 15.1. The van der Waals surface area contributed by atoms with Crippen LogP contribution in [0, 0.1) is 12.8 Å². The van der Waals surface area contributed by atoms with E-state index in [1.807, 2.05) is 49.0 Å². The first-order chi connectivity index (χ1) is 12.0. The van der Waals surface area contributed by atoms with Crippen molar-refractivity contribution in [3.05, 3.63) is 46.4 Å². The topological polar surface area (TPSA) is 51.0 Å². The minimum Gasteiger partial charge on any atom is -0.359 e. The van der Waals surface area contributed by atoms with Gasteiger partial charge in [-0.25, -0.2) is 4.68 Å². The zero-order chi connectivity index (χ0) is 18.0. The van der Waals surface area contributed by atoms with Gasteiger partial charge in [0.2, 0.25) is 0 Å². The van der Waals surface area contributed by atoms with Crippen LogP contribution in [0.5, 0.6) is 0 Å². The molecule has 0 amide bonds. The Labute approximate surface area is 154 Å². The number of para-hydroxylation sites is 1. The van der Waals surface area contributed by atoms with E-state index in [1.54, 1.807) is 4.68 Å². The van der Waals surface area contributed by atoms with Gasteiger partial charge in [0.1, 0.15) is 5.69 Å². The smallest absolute Gasteiger partial charge is 0.295 e. The lowest BCUT2D eigenvalue weighted by Gasteiger charge is -2.30. The summed E-state index contributed by atoms with van der Waals surface area (Å²) in [6.45, 7) is 4.19. The Hall–Kier alpha value is -2.08. The predicted molar refractivity (Wildman–Crippen MR) is 107 cm³/mol. The molecule has 0 unspecified atom stereocenters. The van der Waals surface area contributed by atoms with Crippen molar-refractivity contribution in [1.29, 1.82) is 0 Å². The lowest BCUT2D eigenvalue weighted by Crippen LogP contribution is -2.43. The predicted octanol–water partition coefficient (Wildman–Crippen LogP) is 3.35. The number of nitrogens with zero attached hydrogens (tertiary/aromatic N) is 2. The van der Waals surface area contributed by atoms with Crippen molar-refractivity contribution >= 4 is 23.0 Å². The third-order valence-electron chi connectivity index (χ3n) is 5.22. The Balaban J connectivity index is 1.81. The molecule has 0 spiro atoms. The van der Waals surface area contributed by atoms with Crippen molar-refractivity contribution in [2.45, 2.75) is 45.6 Å². The Morgan fingerprint density at radius 2 is 1.88 bits per heavy atom. The van der Waals surface area contributed by atoms with Crippen LogP contribution in [0.15, 0.2) is 35.1 Å². The third-order valence-corrected chi connectivity index (χ3v) is 5.44. The van der Waals surface area contributed by atoms with E-state index in [2.05, 4.69) is 17.6 Å². The fourth-order valence-corrected chi connectivity index (χ4v) is 3.81. The maximum Gasteiger partial charge on any atom is 0.295 e. The summed E-state index contributed by atoms with van der Waals surface area (Å²) in [5.41, 5.74) is 2.14. The van der Waals surface area contributed by atoms with E-state index in [1.165, 1.54) is 19.3 Å². The van der Waals surface area contributed by atoms with Gasteiger partial charge in [-0.05, 0) is 50.0 Å². The summed E-state index contributed by atoms with van der Waals surface area (Å²) >= 11 is 5.48. The van der Waals surface area contributed by atoms with E-state index < -0.39 is 0 Å². The summed E-state index contributed by atoms with van der Waals surface area (Å²) in [6, 6.07) is 10.0. The molecule has 134 valence electrons. The molecule has 1 aliphatic rings. The highest BCUT2D eigenvalue weighted by molar-refractivity contribution is 7.80. The minimum absolute atomic E-state index is 0.0907. The van der Waals surface area contributed by atoms with Crippen LogP contribution < -0.4 is 16.2 Å². The van der Waals surface area contributed by atoms with Gasteiger partial charge in [-0.15, -0.1) is 0 Å². The van der Waals surface area contributed by atoms with Gasteiger partial charge in [-0.1, -0.05) is 38.0 Å². The highest BCUT2D eigenvalue weighted by Crippen LogP contribution is 2.24. The van der Waals surface area contributed by atoms with Crippen LogP contribution in [0.4, 0.5) is 5.69 Å². The van der Waals surface area contributed by atoms with Gasteiger partial charge in [0, 0.05) is 13.1 Å². The summed E-state index contributed by atoms with van der Waals surface area (Å²) in [7, 11) is 1.88. The quantitative estimate of drug-likeness (QED) is 0.826. The Bertz CT molecular complexity index is 809. The highest BCUT2D eigenvalue weighted by atomic mass is 32.1. The fourth-order valence-electron chi connectivity index (χ4n) is 3.56. The number of thiocarbonyl (C=S) groups is 1. The first-order valence-corrected chi connectivity index (χ1v) is 9.31. The molecule has 1 saturated carbocycles. The molecule has 0 bridgehead atoms. The largest absolute Gasteiger partial charge is 0.359 e.